The Hall–Kier alpha value is -1.56. The number of nitrogens with two attached hydrogens (primary N) is 2. The molecular weight excluding hydrogens is 214 g/mol. The van der Waals surface area contributed by atoms with E-state index >= 15 is 0 Å². The van der Waals surface area contributed by atoms with Gasteiger partial charge in [0.1, 0.15) is 4.88 Å². The third-order valence-corrected chi connectivity index (χ3v) is 2.72. The first-order valence-electron chi connectivity index (χ1n) is 4.50. The van der Waals surface area contributed by atoms with Crippen LogP contribution in [0.15, 0.2) is 11.4 Å². The molecule has 0 fully saturated rings. The molecule has 1 rings (SSSR count). The Labute approximate surface area is 91.4 Å². The second-order valence-electron chi connectivity index (χ2n) is 3.03. The summed E-state index contributed by atoms with van der Waals surface area (Å²) < 4.78 is 0. The minimum atomic E-state index is -0.361. The van der Waals surface area contributed by atoms with Crippen molar-refractivity contribution in [2.75, 3.05) is 12.3 Å². The van der Waals surface area contributed by atoms with Crippen LogP contribution in [0.4, 0.5) is 5.69 Å². The summed E-state index contributed by atoms with van der Waals surface area (Å²) in [6, 6.07) is 1.68. The van der Waals surface area contributed by atoms with E-state index in [-0.39, 0.29) is 18.2 Å². The number of hydrogen-bond donors (Lipinski definition) is 3. The van der Waals surface area contributed by atoms with Gasteiger partial charge in [0.25, 0.3) is 5.91 Å². The Morgan fingerprint density at radius 2 is 2.20 bits per heavy atom. The van der Waals surface area contributed by atoms with Crippen LogP contribution < -0.4 is 16.8 Å². The third-order valence-electron chi connectivity index (χ3n) is 1.79. The molecule has 1 aromatic heterocycles. The standard InChI is InChI=1S/C9H13N3O2S/c10-6-3-5-15-8(6)9(14)12-4-1-2-7(11)13/h3,5H,1-2,4,10H2,(H2,11,13)(H,12,14). The maximum absolute atomic E-state index is 11.5. The molecule has 0 atom stereocenters. The predicted molar refractivity (Wildman–Crippen MR) is 59.5 cm³/mol. The van der Waals surface area contributed by atoms with Crippen molar-refractivity contribution in [3.8, 4) is 0 Å². The highest BCUT2D eigenvalue weighted by Gasteiger charge is 2.09. The first-order chi connectivity index (χ1) is 7.11. The van der Waals surface area contributed by atoms with E-state index in [0.29, 0.717) is 23.5 Å². The minimum absolute atomic E-state index is 0.202. The van der Waals surface area contributed by atoms with Crippen LogP contribution in [0.2, 0.25) is 0 Å². The van der Waals surface area contributed by atoms with E-state index in [4.69, 9.17) is 11.5 Å². The molecule has 0 aliphatic carbocycles. The van der Waals surface area contributed by atoms with Gasteiger partial charge < -0.3 is 16.8 Å². The normalized spacial score (nSPS) is 9.87. The van der Waals surface area contributed by atoms with Crippen LogP contribution in [-0.2, 0) is 4.79 Å². The molecule has 0 spiro atoms. The van der Waals surface area contributed by atoms with Gasteiger partial charge in [0, 0.05) is 13.0 Å². The summed E-state index contributed by atoms with van der Waals surface area (Å²) >= 11 is 1.29. The topological polar surface area (TPSA) is 98.2 Å². The Morgan fingerprint density at radius 1 is 1.47 bits per heavy atom. The first-order valence-corrected chi connectivity index (χ1v) is 5.38. The molecule has 0 aromatic carbocycles. The molecule has 0 saturated heterocycles. The van der Waals surface area contributed by atoms with Gasteiger partial charge in [0.15, 0.2) is 0 Å². The molecule has 0 aliphatic rings. The fourth-order valence-electron chi connectivity index (χ4n) is 1.05. The summed E-state index contributed by atoms with van der Waals surface area (Å²) in [5.41, 5.74) is 11.0. The van der Waals surface area contributed by atoms with Gasteiger partial charge in [-0.25, -0.2) is 0 Å². The number of anilines is 1. The van der Waals surface area contributed by atoms with Crippen LogP contribution in [0.3, 0.4) is 0 Å². The largest absolute Gasteiger partial charge is 0.397 e. The predicted octanol–water partition coefficient (Wildman–Crippen LogP) is 0.326. The van der Waals surface area contributed by atoms with Crippen LogP contribution >= 0.6 is 11.3 Å². The molecule has 0 saturated carbocycles. The van der Waals surface area contributed by atoms with Crippen molar-refractivity contribution < 1.29 is 9.59 Å². The van der Waals surface area contributed by atoms with Crippen molar-refractivity contribution in [3.63, 3.8) is 0 Å². The zero-order chi connectivity index (χ0) is 11.3. The molecule has 6 heteroatoms. The van der Waals surface area contributed by atoms with Crippen LogP contribution in [-0.4, -0.2) is 18.4 Å². The van der Waals surface area contributed by atoms with Gasteiger partial charge in [0.05, 0.1) is 5.69 Å². The summed E-state index contributed by atoms with van der Waals surface area (Å²) in [6.45, 7) is 0.430. The highest BCUT2D eigenvalue weighted by atomic mass is 32.1. The van der Waals surface area contributed by atoms with E-state index in [0.717, 1.165) is 0 Å². The molecular formula is C9H13N3O2S. The van der Waals surface area contributed by atoms with E-state index in [1.165, 1.54) is 11.3 Å². The van der Waals surface area contributed by atoms with Crippen molar-refractivity contribution >= 4 is 28.8 Å². The van der Waals surface area contributed by atoms with Crippen molar-refractivity contribution in [1.82, 2.24) is 5.32 Å². The van der Waals surface area contributed by atoms with Crippen molar-refractivity contribution in [2.45, 2.75) is 12.8 Å². The number of nitrogens with one attached hydrogen (secondary N) is 1. The van der Waals surface area contributed by atoms with Crippen molar-refractivity contribution in [2.24, 2.45) is 5.73 Å². The lowest BCUT2D eigenvalue weighted by Gasteiger charge is -2.02. The average Bonchev–Trinajstić information content (AvgIpc) is 2.58. The number of carbonyl (C=O) groups is 2. The summed E-state index contributed by atoms with van der Waals surface area (Å²) in [7, 11) is 0. The van der Waals surface area contributed by atoms with E-state index in [1.54, 1.807) is 11.4 Å². The lowest BCUT2D eigenvalue weighted by molar-refractivity contribution is -0.118. The molecule has 2 amide bonds. The molecule has 0 radical (unpaired) electrons. The third kappa shape index (κ3) is 3.59. The van der Waals surface area contributed by atoms with Gasteiger partial charge in [-0.15, -0.1) is 11.3 Å². The number of carbonyl (C=O) groups excluding carboxylic acids is 2. The maximum atomic E-state index is 11.5. The van der Waals surface area contributed by atoms with Crippen molar-refractivity contribution in [1.29, 1.82) is 0 Å². The molecule has 0 unspecified atom stereocenters. The Kier molecular flexibility index (Phi) is 4.11. The average molecular weight is 227 g/mol. The highest BCUT2D eigenvalue weighted by Crippen LogP contribution is 2.18. The lowest BCUT2D eigenvalue weighted by atomic mass is 10.3. The maximum Gasteiger partial charge on any atom is 0.263 e. The van der Waals surface area contributed by atoms with Gasteiger partial charge in [-0.2, -0.15) is 0 Å². The second kappa shape index (κ2) is 5.35. The Morgan fingerprint density at radius 3 is 2.73 bits per heavy atom. The van der Waals surface area contributed by atoms with Gasteiger partial charge in [-0.1, -0.05) is 0 Å². The summed E-state index contributed by atoms with van der Waals surface area (Å²) in [5.74, 6) is -0.563. The molecule has 0 bridgehead atoms. The van der Waals surface area contributed by atoms with Crippen LogP contribution in [0.5, 0.6) is 0 Å². The van der Waals surface area contributed by atoms with Crippen LogP contribution in [0, 0.1) is 0 Å². The molecule has 1 aromatic rings. The van der Waals surface area contributed by atoms with Gasteiger partial charge >= 0.3 is 0 Å². The van der Waals surface area contributed by atoms with Gasteiger partial charge in [-0.05, 0) is 17.9 Å². The fourth-order valence-corrected chi connectivity index (χ4v) is 1.78. The number of primary amides is 1. The van der Waals surface area contributed by atoms with E-state index in [2.05, 4.69) is 5.32 Å². The van der Waals surface area contributed by atoms with E-state index in [9.17, 15) is 9.59 Å². The SMILES string of the molecule is NC(=O)CCCNC(=O)c1sccc1N. The molecule has 5 N–H and O–H groups in total. The number of nitrogen functional groups attached to an aromatic ring is 1. The molecule has 0 aliphatic heterocycles. The number of hydrogen-bond acceptors (Lipinski definition) is 4. The zero-order valence-corrected chi connectivity index (χ0v) is 8.97. The highest BCUT2D eigenvalue weighted by molar-refractivity contribution is 7.12. The fraction of sp³-hybridized carbons (Fsp3) is 0.333. The summed E-state index contributed by atoms with van der Waals surface area (Å²) in [4.78, 5) is 22.4. The Bertz CT molecular complexity index is 362. The number of thiophene rings is 1. The quantitative estimate of drug-likeness (QED) is 0.632. The molecule has 82 valence electrons. The number of amides is 2. The van der Waals surface area contributed by atoms with E-state index < -0.39 is 0 Å². The van der Waals surface area contributed by atoms with E-state index in [1.807, 2.05) is 0 Å². The van der Waals surface area contributed by atoms with Gasteiger partial charge in [-0.3, -0.25) is 9.59 Å². The zero-order valence-electron chi connectivity index (χ0n) is 8.16. The van der Waals surface area contributed by atoms with Crippen LogP contribution in [0.25, 0.3) is 0 Å². The molecule has 5 nitrogen and oxygen atoms in total. The summed E-state index contributed by atoms with van der Waals surface area (Å²) in [5, 5.41) is 4.42. The minimum Gasteiger partial charge on any atom is -0.397 e. The lowest BCUT2D eigenvalue weighted by Crippen LogP contribution is -2.25. The molecule has 15 heavy (non-hydrogen) atoms. The Balaban J connectivity index is 2.31. The monoisotopic (exact) mass is 227 g/mol. The number of rotatable bonds is 5. The van der Waals surface area contributed by atoms with Crippen molar-refractivity contribution in [3.05, 3.63) is 16.3 Å². The smallest absolute Gasteiger partial charge is 0.263 e. The van der Waals surface area contributed by atoms with Crippen LogP contribution in [0.1, 0.15) is 22.5 Å². The first kappa shape index (κ1) is 11.5. The molecule has 1 heterocycles. The second-order valence-corrected chi connectivity index (χ2v) is 3.95. The van der Waals surface area contributed by atoms with Gasteiger partial charge in [0.2, 0.25) is 5.91 Å². The summed E-state index contributed by atoms with van der Waals surface area (Å²) in [6.07, 6.45) is 0.826.